The number of carbonyl (C=O) groups is 1. The summed E-state index contributed by atoms with van der Waals surface area (Å²) in [4.78, 5) is 25.9. The van der Waals surface area contributed by atoms with Gasteiger partial charge in [0.05, 0.1) is 45.3 Å². The Labute approximate surface area is 252 Å². The number of carboxylic acids is 1. The van der Waals surface area contributed by atoms with Crippen molar-refractivity contribution in [3.63, 3.8) is 0 Å². The summed E-state index contributed by atoms with van der Waals surface area (Å²) in [5.74, 6) is -0.876. The van der Waals surface area contributed by atoms with Crippen LogP contribution in [0.5, 0.6) is 0 Å². The van der Waals surface area contributed by atoms with E-state index in [4.69, 9.17) is 26.7 Å². The molecule has 0 atom stereocenters. The molecule has 0 saturated heterocycles. The van der Waals surface area contributed by atoms with E-state index >= 15 is 0 Å². The number of hydrogen-bond donors (Lipinski definition) is 2. The molecule has 42 heavy (non-hydrogen) atoms. The van der Waals surface area contributed by atoms with Crippen molar-refractivity contribution < 1.29 is 15.0 Å². The van der Waals surface area contributed by atoms with Gasteiger partial charge in [0.15, 0.2) is 0 Å². The normalized spacial score (nSPS) is 11.5. The van der Waals surface area contributed by atoms with Crippen molar-refractivity contribution in [2.24, 2.45) is 7.05 Å². The first-order valence-corrected chi connectivity index (χ1v) is 14.5. The molecule has 6 aromatic rings. The summed E-state index contributed by atoms with van der Waals surface area (Å²) in [6, 6.07) is 17.3. The Kier molecular flexibility index (Phi) is 8.10. The largest absolute Gasteiger partial charge is 0.481 e. The molecule has 0 aliphatic rings. The lowest BCUT2D eigenvalue weighted by molar-refractivity contribution is -0.136. The van der Waals surface area contributed by atoms with Crippen molar-refractivity contribution in [1.29, 1.82) is 0 Å². The molecule has 6 rings (SSSR count). The second-order valence-electron chi connectivity index (χ2n) is 11.0. The zero-order valence-electron chi connectivity index (χ0n) is 23.9. The second kappa shape index (κ2) is 11.6. The fraction of sp³-hybridized carbons (Fsp3) is 0.219. The number of aryl methyl sites for hydroxylation is 2. The van der Waals surface area contributed by atoms with Gasteiger partial charge >= 0.3 is 5.97 Å². The maximum atomic E-state index is 11.7. The van der Waals surface area contributed by atoms with Crippen molar-refractivity contribution in [3.05, 3.63) is 83.1 Å². The number of rotatable bonds is 5. The number of thiazole rings is 1. The van der Waals surface area contributed by atoms with Crippen molar-refractivity contribution in [1.82, 2.24) is 24.7 Å². The number of nitrogens with zero attached hydrogens (tertiary/aromatic N) is 5. The van der Waals surface area contributed by atoms with Crippen LogP contribution in [0, 0.1) is 6.92 Å². The number of aliphatic carboxylic acids is 1. The first kappa shape index (κ1) is 29.3. The predicted octanol–water partition coefficient (Wildman–Crippen LogP) is 7.34. The molecule has 4 heterocycles. The number of aromatic nitrogens is 5. The smallest absolute Gasteiger partial charge is 0.307 e. The average Bonchev–Trinajstić information content (AvgIpc) is 3.52. The summed E-state index contributed by atoms with van der Waals surface area (Å²) in [6.45, 7) is 7.16. The zero-order valence-corrected chi connectivity index (χ0v) is 25.5. The Hall–Kier alpha value is -4.18. The summed E-state index contributed by atoms with van der Waals surface area (Å²) < 4.78 is 2.73. The highest BCUT2D eigenvalue weighted by molar-refractivity contribution is 7.22. The Balaban J connectivity index is 0.000000652. The van der Waals surface area contributed by atoms with Crippen LogP contribution in [0.2, 0.25) is 5.02 Å². The first-order valence-electron chi connectivity index (χ1n) is 13.3. The van der Waals surface area contributed by atoms with Gasteiger partial charge in [0.2, 0.25) is 0 Å². The van der Waals surface area contributed by atoms with Crippen LogP contribution in [0.3, 0.4) is 0 Å². The Morgan fingerprint density at radius 2 is 1.69 bits per heavy atom. The third kappa shape index (κ3) is 6.49. The first-order chi connectivity index (χ1) is 19.9. The van der Waals surface area contributed by atoms with E-state index in [0.717, 1.165) is 65.5 Å². The lowest BCUT2D eigenvalue weighted by atomic mass is 9.93. The van der Waals surface area contributed by atoms with E-state index < -0.39 is 11.6 Å². The molecule has 0 bridgehead atoms. The number of fused-ring (bicyclic) bond motifs is 2. The lowest BCUT2D eigenvalue weighted by Crippen LogP contribution is -2.10. The molecule has 214 valence electrons. The van der Waals surface area contributed by atoms with Crippen molar-refractivity contribution in [3.8, 4) is 33.1 Å². The monoisotopic (exact) mass is 599 g/mol. The highest BCUT2D eigenvalue weighted by Gasteiger charge is 2.20. The van der Waals surface area contributed by atoms with Gasteiger partial charge in [-0.1, -0.05) is 23.7 Å². The predicted molar refractivity (Wildman–Crippen MR) is 169 cm³/mol. The van der Waals surface area contributed by atoms with Gasteiger partial charge in [-0.05, 0) is 86.8 Å². The Morgan fingerprint density at radius 3 is 2.38 bits per heavy atom. The minimum Gasteiger partial charge on any atom is -0.481 e. The fourth-order valence-electron chi connectivity index (χ4n) is 4.55. The molecule has 0 saturated carbocycles. The summed E-state index contributed by atoms with van der Waals surface area (Å²) >= 11 is 7.67. The molecule has 2 N–H and O–H groups in total. The second-order valence-corrected chi connectivity index (χ2v) is 12.4. The Morgan fingerprint density at radius 1 is 0.976 bits per heavy atom. The summed E-state index contributed by atoms with van der Waals surface area (Å²) in [6.07, 6.45) is 3.42. The van der Waals surface area contributed by atoms with Gasteiger partial charge in [-0.25, -0.2) is 9.97 Å². The molecule has 0 spiro atoms. The number of hydrogen-bond acceptors (Lipinski definition) is 7. The van der Waals surface area contributed by atoms with E-state index in [0.29, 0.717) is 5.02 Å². The average molecular weight is 600 g/mol. The number of pyridine rings is 2. The Bertz CT molecular complexity index is 1920. The van der Waals surface area contributed by atoms with Crippen LogP contribution in [0.15, 0.2) is 67.0 Å². The molecule has 0 amide bonds. The third-order valence-corrected chi connectivity index (χ3v) is 7.74. The fourth-order valence-corrected chi connectivity index (χ4v) is 5.81. The molecule has 2 aromatic carbocycles. The van der Waals surface area contributed by atoms with Gasteiger partial charge in [-0.3, -0.25) is 14.5 Å². The molecule has 0 aliphatic carbocycles. The summed E-state index contributed by atoms with van der Waals surface area (Å²) in [7, 11) is 1.89. The van der Waals surface area contributed by atoms with Crippen LogP contribution in [-0.4, -0.2) is 46.5 Å². The highest BCUT2D eigenvalue weighted by Crippen LogP contribution is 2.41. The molecule has 0 radical (unpaired) electrons. The summed E-state index contributed by atoms with van der Waals surface area (Å²) in [5, 5.41) is 23.9. The topological polar surface area (TPSA) is 114 Å². The van der Waals surface area contributed by atoms with Crippen LogP contribution < -0.4 is 0 Å². The van der Waals surface area contributed by atoms with E-state index in [1.54, 1.807) is 37.8 Å². The minimum atomic E-state index is -0.876. The number of aliphatic hydroxyl groups is 1. The molecule has 0 aliphatic heterocycles. The lowest BCUT2D eigenvalue weighted by Gasteiger charge is -2.13. The maximum absolute atomic E-state index is 11.7. The molecular formula is C32H30ClN5O3S. The van der Waals surface area contributed by atoms with Gasteiger partial charge in [-0.15, -0.1) is 11.3 Å². The van der Waals surface area contributed by atoms with Crippen LogP contribution in [0.4, 0.5) is 0 Å². The van der Waals surface area contributed by atoms with Gasteiger partial charge in [0, 0.05) is 29.4 Å². The van der Waals surface area contributed by atoms with E-state index in [1.165, 1.54) is 11.3 Å². The standard InChI is InChI=1S/C28H20ClN5O2S.C4H10O/c1-15-11-22-27(26(19(15)13-25(35)36)16-3-5-18(29)6-4-16)37-28(33-22)17-9-10-30-21(12-17)20-7-8-24-23(32-20)14-31-34(24)2;1-4(2,3)5/h3-12,14H,13H2,1-2H3,(H,35,36);5H,1-3H3. The van der Waals surface area contributed by atoms with E-state index in [9.17, 15) is 9.90 Å². The van der Waals surface area contributed by atoms with Crippen molar-refractivity contribution >= 4 is 50.2 Å². The quantitative estimate of drug-likeness (QED) is 0.213. The number of halogens is 1. The number of carboxylic acid groups (broad SMARTS) is 1. The van der Waals surface area contributed by atoms with Crippen LogP contribution >= 0.6 is 22.9 Å². The third-order valence-electron chi connectivity index (χ3n) is 6.35. The molecule has 10 heteroatoms. The summed E-state index contributed by atoms with van der Waals surface area (Å²) in [5.41, 5.74) is 7.96. The minimum absolute atomic E-state index is 0.0745. The molecule has 0 unspecified atom stereocenters. The van der Waals surface area contributed by atoms with Crippen LogP contribution in [0.1, 0.15) is 31.9 Å². The van der Waals surface area contributed by atoms with E-state index in [1.807, 2.05) is 68.6 Å². The van der Waals surface area contributed by atoms with Gasteiger partial charge in [0.1, 0.15) is 10.5 Å². The van der Waals surface area contributed by atoms with Gasteiger partial charge in [0.25, 0.3) is 0 Å². The van der Waals surface area contributed by atoms with Crippen LogP contribution in [-0.2, 0) is 18.3 Å². The van der Waals surface area contributed by atoms with Gasteiger partial charge < -0.3 is 10.2 Å². The van der Waals surface area contributed by atoms with Crippen molar-refractivity contribution in [2.75, 3.05) is 0 Å². The van der Waals surface area contributed by atoms with Crippen LogP contribution in [0.25, 0.3) is 54.3 Å². The van der Waals surface area contributed by atoms with E-state index in [2.05, 4.69) is 10.1 Å². The number of benzene rings is 2. The highest BCUT2D eigenvalue weighted by atomic mass is 35.5. The van der Waals surface area contributed by atoms with Gasteiger partial charge in [-0.2, -0.15) is 5.10 Å². The SMILES string of the molecule is CC(C)(C)O.Cc1cc2nc(-c3ccnc(-c4ccc5c(cnn5C)n4)c3)sc2c(-c2ccc(Cl)cc2)c1CC(=O)O. The zero-order chi connectivity index (χ0) is 30.2. The molecule has 4 aromatic heterocycles. The molecular weight excluding hydrogens is 570 g/mol. The molecule has 8 nitrogen and oxygen atoms in total. The van der Waals surface area contributed by atoms with Crippen molar-refractivity contribution in [2.45, 2.75) is 39.7 Å². The molecule has 0 fully saturated rings. The van der Waals surface area contributed by atoms with E-state index in [-0.39, 0.29) is 6.42 Å². The maximum Gasteiger partial charge on any atom is 0.307 e.